The summed E-state index contributed by atoms with van der Waals surface area (Å²) in [4.78, 5) is 4.31. The second-order valence-corrected chi connectivity index (χ2v) is 32.9. The van der Waals surface area contributed by atoms with Gasteiger partial charge in [0, 0.05) is 45.0 Å². The van der Waals surface area contributed by atoms with E-state index in [1.807, 2.05) is 42.6 Å². The van der Waals surface area contributed by atoms with Gasteiger partial charge in [0.05, 0.1) is 73.2 Å². The molecule has 104 heavy (non-hydrogen) atoms. The predicted molar refractivity (Wildman–Crippen MR) is 428 cm³/mol. The lowest BCUT2D eigenvalue weighted by Crippen LogP contribution is -2.41. The smallest absolute Gasteiger partial charge is 0.456 e. The molecule has 9 aromatic carbocycles. The second-order valence-electron chi connectivity index (χ2n) is 32.9. The van der Waals surface area contributed by atoms with E-state index in [0.29, 0.717) is 0 Å². The van der Waals surface area contributed by atoms with Crippen LogP contribution in [0.25, 0.3) is 88.3 Å². The van der Waals surface area contributed by atoms with Crippen LogP contribution in [0.4, 0.5) is 0 Å². The van der Waals surface area contributed by atoms with Gasteiger partial charge >= 0.3 is 28.5 Å². The first-order chi connectivity index (χ1) is 49.3. The third-order valence-electron chi connectivity index (χ3n) is 23.6. The van der Waals surface area contributed by atoms with Crippen LogP contribution in [-0.4, -0.2) is 87.4 Å². The summed E-state index contributed by atoms with van der Waals surface area (Å²) in [5.41, 5.74) is 16.8. The van der Waals surface area contributed by atoms with Gasteiger partial charge in [-0.3, -0.25) is 4.98 Å². The lowest BCUT2D eigenvalue weighted by atomic mass is 9.75. The molecule has 4 aromatic heterocycles. The first-order valence-electron chi connectivity index (χ1n) is 36.5. The lowest BCUT2D eigenvalue weighted by molar-refractivity contribution is 0.00578. The molecule has 4 fully saturated rings. The summed E-state index contributed by atoms with van der Waals surface area (Å²) in [5.74, 6) is 0. The van der Waals surface area contributed by atoms with E-state index in [4.69, 9.17) is 41.7 Å². The minimum atomic E-state index is -0.380. The Hall–Kier alpha value is -8.79. The number of pyridine rings is 1. The molecule has 13 aromatic rings. The van der Waals surface area contributed by atoms with Crippen molar-refractivity contribution in [3.05, 3.63) is 248 Å². The fraction of sp³-hybridized carbons (Fsp3) is 0.307. The molecular formula is C88H93B4N3O9. The summed E-state index contributed by atoms with van der Waals surface area (Å²) in [5, 5.41) is 5.81. The fourth-order valence-corrected chi connectivity index (χ4v) is 14.9. The van der Waals surface area contributed by atoms with E-state index in [-0.39, 0.29) is 78.7 Å². The first kappa shape index (κ1) is 70.9. The van der Waals surface area contributed by atoms with Crippen LogP contribution >= 0.6 is 0 Å². The largest absolute Gasteiger partial charge is 0.495 e. The Morgan fingerprint density at radius 2 is 0.817 bits per heavy atom. The van der Waals surface area contributed by atoms with Gasteiger partial charge in [-0.15, -0.1) is 0 Å². The average molecular weight is 1380 g/mol. The summed E-state index contributed by atoms with van der Waals surface area (Å²) in [6.07, 6.45) is 5.80. The number of hydrogen-bond donors (Lipinski definition) is 0. The monoisotopic (exact) mass is 1380 g/mol. The molecule has 4 aliphatic heterocycles. The molecule has 0 atom stereocenters. The molecule has 1 aliphatic carbocycles. The molecule has 0 saturated carbocycles. The number of hydrogen-bond acceptors (Lipinski definition) is 10. The Labute approximate surface area is 613 Å². The van der Waals surface area contributed by atoms with E-state index in [0.717, 1.165) is 66.2 Å². The van der Waals surface area contributed by atoms with Crippen LogP contribution in [0.3, 0.4) is 0 Å². The van der Waals surface area contributed by atoms with Gasteiger partial charge in [0.25, 0.3) is 0 Å². The van der Waals surface area contributed by atoms with Gasteiger partial charge in [-0.25, -0.2) is 0 Å². The van der Waals surface area contributed by atoms with Crippen molar-refractivity contribution in [2.24, 2.45) is 0 Å². The van der Waals surface area contributed by atoms with Crippen LogP contribution in [0.5, 0.6) is 0 Å². The highest BCUT2D eigenvalue weighted by atomic mass is 16.7. The molecule has 0 unspecified atom stereocenters. The number of benzene rings is 9. The van der Waals surface area contributed by atoms with Gasteiger partial charge in [-0.2, -0.15) is 0 Å². The third kappa shape index (κ3) is 12.4. The normalized spacial score (nSPS) is 19.4. The maximum absolute atomic E-state index is 6.30. The highest BCUT2D eigenvalue weighted by molar-refractivity contribution is 6.66. The average Bonchev–Trinajstić information content (AvgIpc) is 1.53. The van der Waals surface area contributed by atoms with Gasteiger partial charge in [0.1, 0.15) is 11.2 Å². The molecule has 526 valence electrons. The van der Waals surface area contributed by atoms with Crippen molar-refractivity contribution in [3.8, 4) is 33.6 Å². The van der Waals surface area contributed by atoms with Gasteiger partial charge < -0.3 is 50.8 Å². The van der Waals surface area contributed by atoms with Crippen LogP contribution in [-0.2, 0) is 42.6 Å². The zero-order valence-electron chi connectivity index (χ0n) is 63.3. The Balaban J connectivity index is 0.000000112. The van der Waals surface area contributed by atoms with E-state index >= 15 is 0 Å². The predicted octanol–water partition coefficient (Wildman–Crippen LogP) is 18.3. The Morgan fingerprint density at radius 3 is 1.45 bits per heavy atom. The van der Waals surface area contributed by atoms with Crippen molar-refractivity contribution >= 4 is 105 Å². The summed E-state index contributed by atoms with van der Waals surface area (Å²) < 4.78 is 60.3. The van der Waals surface area contributed by atoms with Crippen LogP contribution in [0.1, 0.15) is 136 Å². The quantitative estimate of drug-likeness (QED) is 0.143. The molecule has 4 saturated heterocycles. The summed E-state index contributed by atoms with van der Waals surface area (Å²) in [7, 11) is -1.43. The number of furan rings is 1. The van der Waals surface area contributed by atoms with Crippen molar-refractivity contribution < 1.29 is 41.7 Å². The maximum atomic E-state index is 6.30. The zero-order chi connectivity index (χ0) is 73.3. The molecule has 0 bridgehead atoms. The lowest BCUT2D eigenvalue weighted by Gasteiger charge is -2.32. The number of aromatic nitrogens is 3. The van der Waals surface area contributed by atoms with E-state index < -0.39 is 0 Å². The fourth-order valence-electron chi connectivity index (χ4n) is 14.9. The minimum absolute atomic E-state index is 0.0388. The molecule has 5 aliphatic rings. The molecule has 0 amide bonds. The molecule has 12 nitrogen and oxygen atoms in total. The molecule has 8 heterocycles. The topological polar surface area (TPSA) is 110 Å². The van der Waals surface area contributed by atoms with Crippen LogP contribution in [0.2, 0.25) is 0 Å². The second kappa shape index (κ2) is 25.8. The summed E-state index contributed by atoms with van der Waals surface area (Å²) in [6, 6.07) is 76.1. The van der Waals surface area contributed by atoms with Gasteiger partial charge in [-0.05, 0) is 232 Å². The van der Waals surface area contributed by atoms with Crippen molar-refractivity contribution in [1.82, 2.24) is 14.1 Å². The molecule has 0 N–H and O–H groups in total. The Morgan fingerprint density at radius 1 is 0.337 bits per heavy atom. The number of rotatable bonds is 7. The number of fused-ring (bicyclic) bond motifs is 10. The van der Waals surface area contributed by atoms with Crippen molar-refractivity contribution in [3.63, 3.8) is 0 Å². The van der Waals surface area contributed by atoms with E-state index in [9.17, 15) is 0 Å². The molecule has 16 heteroatoms. The van der Waals surface area contributed by atoms with E-state index in [1.54, 1.807) is 6.20 Å². The molecular weight excluding hydrogens is 1290 g/mol. The highest BCUT2D eigenvalue weighted by Gasteiger charge is 2.55. The maximum Gasteiger partial charge on any atom is 0.495 e. The molecule has 0 spiro atoms. The van der Waals surface area contributed by atoms with Gasteiger partial charge in [-0.1, -0.05) is 172 Å². The van der Waals surface area contributed by atoms with Gasteiger partial charge in [0.2, 0.25) is 0 Å². The van der Waals surface area contributed by atoms with Crippen LogP contribution in [0.15, 0.2) is 241 Å². The van der Waals surface area contributed by atoms with E-state index in [1.165, 1.54) is 55.1 Å². The van der Waals surface area contributed by atoms with Crippen molar-refractivity contribution in [2.75, 3.05) is 0 Å². The highest BCUT2D eigenvalue weighted by Crippen LogP contribution is 2.52. The summed E-state index contributed by atoms with van der Waals surface area (Å²) >= 11 is 0. The van der Waals surface area contributed by atoms with Crippen molar-refractivity contribution in [2.45, 2.75) is 175 Å². The number of nitrogens with zero attached hydrogens (tertiary/aromatic N) is 3. The first-order valence-corrected chi connectivity index (χ1v) is 36.5. The third-order valence-corrected chi connectivity index (χ3v) is 23.6. The summed E-state index contributed by atoms with van der Waals surface area (Å²) in [6.45, 7) is 38.0. The number of para-hydroxylation sites is 3. The van der Waals surface area contributed by atoms with Crippen LogP contribution < -0.4 is 21.9 Å². The molecule has 18 rings (SSSR count). The molecule has 0 radical (unpaired) electrons. The van der Waals surface area contributed by atoms with Crippen molar-refractivity contribution in [1.29, 1.82) is 0 Å². The van der Waals surface area contributed by atoms with E-state index in [2.05, 4.69) is 327 Å². The Bertz CT molecular complexity index is 5350. The minimum Gasteiger partial charge on any atom is -0.456 e. The standard InChI is InChI=1S/C27H29BO2.C23H23BN2O2.C20H22BNO2.C18H19BO3/c1-25(2)23-16-8-7-13-21(23)22-15-10-14-20(24(22)25)18-11-9-12-19(17-18)28-29-26(3,4)27(5,6)30-28;1-22(2)23(3,4)28-24(27-22)16-11-12-21-19(14-16)18-9-5-6-10-20(18)26(21)17-8-7-13-25-15-17;1-19(2)20(3,4)24-21(23-19)16-9-7-10-17(14-16)22-13-12-15-8-5-6-11-18(15)22;1-17(2)18(3,4)22-19(21-17)13-9-7-11-15-16(13)12-8-5-6-10-14(12)20-15/h7-17H,1-6H3;5-15H,1-4H3;5-14H,1-4H3;5-11H,1-4H3. The van der Waals surface area contributed by atoms with Gasteiger partial charge in [0.15, 0.2) is 0 Å². The van der Waals surface area contributed by atoms with Crippen LogP contribution in [0, 0.1) is 0 Å². The Kier molecular flexibility index (Phi) is 17.6. The zero-order valence-corrected chi connectivity index (χ0v) is 63.3. The SMILES string of the molecule is CC1(C)OB(c2ccc3c(c2)c2ccccc2n3-c2cccnc2)OC1(C)C.CC1(C)OB(c2cccc(-n3ccc4ccccc43)c2)OC1(C)C.CC1(C)OB(c2cccc3oc4ccccc4c23)OC1(C)C.CC1(C)c2ccccc2-c2cccc(-c3cccc(B4OC(C)(C)C(C)(C)O4)c3)c21.